The zero-order valence-corrected chi connectivity index (χ0v) is 10.5. The van der Waals surface area contributed by atoms with Crippen molar-refractivity contribution in [2.45, 2.75) is 26.3 Å². The van der Waals surface area contributed by atoms with Gasteiger partial charge in [-0.3, -0.25) is 14.4 Å². The number of nitrogens with one attached hydrogen (secondary N) is 2. The van der Waals surface area contributed by atoms with E-state index in [1.807, 2.05) is 20.8 Å². The largest absolute Gasteiger partial charge is 0.347 e. The maximum absolute atomic E-state index is 11.9. The summed E-state index contributed by atoms with van der Waals surface area (Å²) in [7, 11) is 0. The Labute approximate surface area is 105 Å². The summed E-state index contributed by atoms with van der Waals surface area (Å²) in [4.78, 5) is 34.6. The van der Waals surface area contributed by atoms with Gasteiger partial charge in [-0.15, -0.1) is 0 Å². The molecule has 0 saturated heterocycles. The molecule has 0 aromatic heterocycles. The van der Waals surface area contributed by atoms with Gasteiger partial charge in [-0.1, -0.05) is 0 Å². The summed E-state index contributed by atoms with van der Waals surface area (Å²) in [5, 5.41) is 5.24. The standard InChI is InChI=1S/C13H14N2O3/c1-13(2,3)15-11(17)7-4-5-9-8(6-7)10(16)12(18)14-9/h4-6H,1-3H3,(H,15,17)(H,14,16,18). The average Bonchev–Trinajstić information content (AvgIpc) is 2.52. The Bertz CT molecular complexity index is 556. The number of fused-ring (bicyclic) bond motifs is 1. The number of anilines is 1. The molecule has 94 valence electrons. The molecule has 5 nitrogen and oxygen atoms in total. The monoisotopic (exact) mass is 246 g/mol. The quantitative estimate of drug-likeness (QED) is 0.734. The molecule has 5 heteroatoms. The molecule has 1 aliphatic rings. The number of benzene rings is 1. The molecule has 0 saturated carbocycles. The summed E-state index contributed by atoms with van der Waals surface area (Å²) >= 11 is 0. The van der Waals surface area contributed by atoms with Crippen LogP contribution in [0.3, 0.4) is 0 Å². The second kappa shape index (κ2) is 3.94. The minimum absolute atomic E-state index is 0.251. The fourth-order valence-corrected chi connectivity index (χ4v) is 1.70. The van der Waals surface area contributed by atoms with Crippen molar-refractivity contribution < 1.29 is 14.4 Å². The summed E-state index contributed by atoms with van der Waals surface area (Å²) in [6, 6.07) is 4.59. The van der Waals surface area contributed by atoms with Crippen LogP contribution in [0.15, 0.2) is 18.2 Å². The SMILES string of the molecule is CC(C)(C)NC(=O)c1ccc2c(c1)C(=O)C(=O)N2. The highest BCUT2D eigenvalue weighted by Gasteiger charge is 2.29. The zero-order valence-electron chi connectivity index (χ0n) is 10.5. The van der Waals surface area contributed by atoms with Crippen LogP contribution >= 0.6 is 0 Å². The van der Waals surface area contributed by atoms with Crippen LogP contribution in [0.5, 0.6) is 0 Å². The highest BCUT2D eigenvalue weighted by atomic mass is 16.2. The molecule has 0 unspecified atom stereocenters. The molecule has 0 spiro atoms. The van der Waals surface area contributed by atoms with Gasteiger partial charge in [0.15, 0.2) is 0 Å². The van der Waals surface area contributed by atoms with Gasteiger partial charge in [0.25, 0.3) is 17.6 Å². The lowest BCUT2D eigenvalue weighted by Gasteiger charge is -2.20. The first-order chi connectivity index (χ1) is 8.28. The third-order valence-corrected chi connectivity index (χ3v) is 2.47. The Balaban J connectivity index is 2.31. The molecule has 0 fully saturated rings. The van der Waals surface area contributed by atoms with E-state index in [-0.39, 0.29) is 17.0 Å². The van der Waals surface area contributed by atoms with Crippen molar-refractivity contribution in [1.82, 2.24) is 5.32 Å². The summed E-state index contributed by atoms with van der Waals surface area (Å²) in [5.41, 5.74) is 0.723. The van der Waals surface area contributed by atoms with E-state index in [1.165, 1.54) is 6.07 Å². The zero-order chi connectivity index (χ0) is 13.5. The van der Waals surface area contributed by atoms with E-state index in [0.717, 1.165) is 0 Å². The van der Waals surface area contributed by atoms with Gasteiger partial charge in [0.2, 0.25) is 0 Å². The fraction of sp³-hybridized carbons (Fsp3) is 0.308. The lowest BCUT2D eigenvalue weighted by Crippen LogP contribution is -2.40. The maximum Gasteiger partial charge on any atom is 0.296 e. The van der Waals surface area contributed by atoms with Crippen molar-refractivity contribution in [1.29, 1.82) is 0 Å². The topological polar surface area (TPSA) is 75.3 Å². The number of hydrogen-bond donors (Lipinski definition) is 2. The molecule has 0 aliphatic carbocycles. The molecule has 0 atom stereocenters. The lowest BCUT2D eigenvalue weighted by atomic mass is 10.0. The van der Waals surface area contributed by atoms with E-state index in [4.69, 9.17) is 0 Å². The predicted molar refractivity (Wildman–Crippen MR) is 66.6 cm³/mol. The van der Waals surface area contributed by atoms with E-state index < -0.39 is 11.7 Å². The van der Waals surface area contributed by atoms with Crippen LogP contribution in [0.1, 0.15) is 41.5 Å². The number of Topliss-reactive ketones (excluding diaryl/α,β-unsaturated/α-hetero) is 1. The maximum atomic E-state index is 11.9. The van der Waals surface area contributed by atoms with Crippen molar-refractivity contribution in [3.05, 3.63) is 29.3 Å². The number of rotatable bonds is 1. The minimum atomic E-state index is -0.654. The first-order valence-electron chi connectivity index (χ1n) is 5.60. The Morgan fingerprint density at radius 2 is 1.89 bits per heavy atom. The third-order valence-electron chi connectivity index (χ3n) is 2.47. The fourth-order valence-electron chi connectivity index (χ4n) is 1.70. The Morgan fingerprint density at radius 3 is 2.50 bits per heavy atom. The molecular weight excluding hydrogens is 232 g/mol. The molecule has 1 aliphatic heterocycles. The normalized spacial score (nSPS) is 14.2. The van der Waals surface area contributed by atoms with Gasteiger partial charge in [0, 0.05) is 11.1 Å². The highest BCUT2D eigenvalue weighted by Crippen LogP contribution is 2.24. The van der Waals surface area contributed by atoms with Crippen LogP contribution in [0.2, 0.25) is 0 Å². The molecule has 1 aromatic carbocycles. The second-order valence-electron chi connectivity index (χ2n) is 5.25. The predicted octanol–water partition coefficient (Wildman–Crippen LogP) is 1.35. The third kappa shape index (κ3) is 2.25. The van der Waals surface area contributed by atoms with Crippen molar-refractivity contribution in [3.8, 4) is 0 Å². The number of carbonyl (C=O) groups excluding carboxylic acids is 3. The van der Waals surface area contributed by atoms with Crippen LogP contribution in [0.4, 0.5) is 5.69 Å². The van der Waals surface area contributed by atoms with Gasteiger partial charge in [0.1, 0.15) is 0 Å². The van der Waals surface area contributed by atoms with Crippen molar-refractivity contribution in [2.75, 3.05) is 5.32 Å². The van der Waals surface area contributed by atoms with E-state index in [0.29, 0.717) is 11.3 Å². The van der Waals surface area contributed by atoms with Gasteiger partial charge in [-0.2, -0.15) is 0 Å². The molecule has 2 rings (SSSR count). The van der Waals surface area contributed by atoms with E-state index >= 15 is 0 Å². The van der Waals surface area contributed by atoms with Crippen LogP contribution in [0.25, 0.3) is 0 Å². The van der Waals surface area contributed by atoms with Gasteiger partial charge < -0.3 is 10.6 Å². The van der Waals surface area contributed by atoms with Crippen molar-refractivity contribution in [3.63, 3.8) is 0 Å². The average molecular weight is 246 g/mol. The Hall–Kier alpha value is -2.17. The summed E-state index contributed by atoms with van der Waals surface area (Å²) in [6.07, 6.45) is 0. The van der Waals surface area contributed by atoms with Gasteiger partial charge in [-0.05, 0) is 39.0 Å². The molecule has 18 heavy (non-hydrogen) atoms. The molecule has 0 radical (unpaired) electrons. The molecule has 0 bridgehead atoms. The van der Waals surface area contributed by atoms with E-state index in [9.17, 15) is 14.4 Å². The lowest BCUT2D eigenvalue weighted by molar-refractivity contribution is -0.112. The smallest absolute Gasteiger partial charge is 0.296 e. The number of amides is 2. The van der Waals surface area contributed by atoms with Crippen molar-refractivity contribution in [2.24, 2.45) is 0 Å². The molecular formula is C13H14N2O3. The van der Waals surface area contributed by atoms with E-state index in [1.54, 1.807) is 12.1 Å². The Morgan fingerprint density at radius 1 is 1.22 bits per heavy atom. The molecule has 2 N–H and O–H groups in total. The highest BCUT2D eigenvalue weighted by molar-refractivity contribution is 6.51. The van der Waals surface area contributed by atoms with Crippen LogP contribution in [-0.2, 0) is 4.79 Å². The van der Waals surface area contributed by atoms with Gasteiger partial charge in [-0.25, -0.2) is 0 Å². The number of hydrogen-bond acceptors (Lipinski definition) is 3. The summed E-state index contributed by atoms with van der Waals surface area (Å²) in [5.74, 6) is -1.52. The van der Waals surface area contributed by atoms with Crippen molar-refractivity contribution >= 4 is 23.3 Å². The second-order valence-corrected chi connectivity index (χ2v) is 5.25. The van der Waals surface area contributed by atoms with Gasteiger partial charge >= 0.3 is 0 Å². The molecule has 2 amide bonds. The Kier molecular flexibility index (Phi) is 2.69. The molecule has 1 heterocycles. The van der Waals surface area contributed by atoms with Gasteiger partial charge in [0.05, 0.1) is 11.3 Å². The van der Waals surface area contributed by atoms with E-state index in [2.05, 4.69) is 10.6 Å². The van der Waals surface area contributed by atoms with Crippen LogP contribution < -0.4 is 10.6 Å². The van der Waals surface area contributed by atoms with Crippen LogP contribution in [-0.4, -0.2) is 23.1 Å². The minimum Gasteiger partial charge on any atom is -0.347 e. The number of ketones is 1. The first-order valence-corrected chi connectivity index (χ1v) is 5.60. The van der Waals surface area contributed by atoms with Crippen LogP contribution in [0, 0.1) is 0 Å². The molecule has 1 aromatic rings. The number of carbonyl (C=O) groups is 3. The summed E-state index contributed by atoms with van der Waals surface area (Å²) < 4.78 is 0. The first kappa shape index (κ1) is 12.3. The summed E-state index contributed by atoms with van der Waals surface area (Å²) in [6.45, 7) is 5.61.